The number of rotatable bonds is 4. The molecule has 2 N–H and O–H groups in total. The summed E-state index contributed by atoms with van der Waals surface area (Å²) in [5.41, 5.74) is 3.88. The molecule has 2 atom stereocenters. The molecule has 9 heteroatoms. The third-order valence-corrected chi connectivity index (χ3v) is 6.23. The monoisotopic (exact) mass is 465 g/mol. The van der Waals surface area contributed by atoms with Gasteiger partial charge in [-0.2, -0.15) is 0 Å². The Morgan fingerprint density at radius 3 is 2.74 bits per heavy atom. The smallest absolute Gasteiger partial charge is 0.262 e. The Hall–Kier alpha value is -3.59. The maximum Gasteiger partial charge on any atom is 0.262 e. The number of fused-ring (bicyclic) bond motifs is 1. The van der Waals surface area contributed by atoms with E-state index >= 15 is 4.39 Å². The highest BCUT2D eigenvalue weighted by Crippen LogP contribution is 2.33. The van der Waals surface area contributed by atoms with Crippen molar-refractivity contribution in [2.45, 2.75) is 39.0 Å². The van der Waals surface area contributed by atoms with Gasteiger partial charge in [0, 0.05) is 29.1 Å². The number of anilines is 1. The van der Waals surface area contributed by atoms with Gasteiger partial charge in [-0.25, -0.2) is 13.8 Å². The molecular formula is C25H25F2N5O2. The number of hydrogen-bond acceptors (Lipinski definition) is 6. The lowest BCUT2D eigenvalue weighted by Gasteiger charge is -2.35. The zero-order valence-corrected chi connectivity index (χ0v) is 18.9. The number of amides is 1. The fraction of sp³-hybridized carbons (Fsp3) is 0.320. The Bertz CT molecular complexity index is 1290. The first-order chi connectivity index (χ1) is 16.4. The first-order valence-electron chi connectivity index (χ1n) is 11.3. The van der Waals surface area contributed by atoms with E-state index in [4.69, 9.17) is 4.74 Å². The third-order valence-electron chi connectivity index (χ3n) is 6.23. The van der Waals surface area contributed by atoms with Crippen molar-refractivity contribution in [1.29, 1.82) is 0 Å². The highest BCUT2D eigenvalue weighted by molar-refractivity contribution is 6.11. The van der Waals surface area contributed by atoms with Gasteiger partial charge in [0.25, 0.3) is 5.91 Å². The van der Waals surface area contributed by atoms with Crippen molar-refractivity contribution in [3.63, 3.8) is 0 Å². The molecule has 0 saturated carbocycles. The molecule has 1 unspecified atom stereocenters. The first kappa shape index (κ1) is 22.2. The van der Waals surface area contributed by atoms with Crippen molar-refractivity contribution in [2.75, 3.05) is 18.0 Å². The van der Waals surface area contributed by atoms with E-state index in [0.29, 0.717) is 28.7 Å². The second-order valence-corrected chi connectivity index (χ2v) is 8.60. The largest absolute Gasteiger partial charge is 0.451 e. The van der Waals surface area contributed by atoms with Gasteiger partial charge in [0.1, 0.15) is 17.5 Å². The lowest BCUT2D eigenvalue weighted by Crippen LogP contribution is -2.49. The Morgan fingerprint density at radius 1 is 1.18 bits per heavy atom. The van der Waals surface area contributed by atoms with Crippen LogP contribution in [0, 0.1) is 18.6 Å². The molecule has 1 fully saturated rings. The summed E-state index contributed by atoms with van der Waals surface area (Å²) in [6.07, 6.45) is 2.75. The number of hydrazone groups is 1. The standard InChI is InChI=1S/C25H25F2N5O2/c1-14-5-8-20(26)18-9-11-29-23(22(14)18)32(17-4-3-10-28-13-17)25(33)19-7-6-16(12-21(19)27)24-31-30-15(2)34-24/h5-9,11-12,15,17,28,30H,3-4,10,13H2,1-2H3/t15?,17-/m1/s1. The predicted molar refractivity (Wildman–Crippen MR) is 126 cm³/mol. The number of hydrogen-bond donors (Lipinski definition) is 2. The second-order valence-electron chi connectivity index (χ2n) is 8.60. The van der Waals surface area contributed by atoms with Crippen LogP contribution in [-0.2, 0) is 4.74 Å². The second kappa shape index (κ2) is 8.98. The van der Waals surface area contributed by atoms with E-state index in [1.54, 1.807) is 25.1 Å². The number of ether oxygens (including phenoxy) is 1. The number of nitrogens with one attached hydrogen (secondary N) is 2. The fourth-order valence-electron chi connectivity index (χ4n) is 4.53. The molecule has 1 saturated heterocycles. The van der Waals surface area contributed by atoms with Crippen LogP contribution < -0.4 is 15.6 Å². The van der Waals surface area contributed by atoms with Crippen LogP contribution in [0.2, 0.25) is 0 Å². The molecule has 1 amide bonds. The predicted octanol–water partition coefficient (Wildman–Crippen LogP) is 3.85. The van der Waals surface area contributed by atoms with E-state index in [1.807, 2.05) is 6.92 Å². The lowest BCUT2D eigenvalue weighted by molar-refractivity contribution is 0.0968. The maximum absolute atomic E-state index is 15.3. The number of carbonyl (C=O) groups is 1. The quantitative estimate of drug-likeness (QED) is 0.612. The van der Waals surface area contributed by atoms with E-state index in [2.05, 4.69) is 20.8 Å². The molecule has 0 radical (unpaired) electrons. The van der Waals surface area contributed by atoms with Gasteiger partial charge >= 0.3 is 0 Å². The fourth-order valence-corrected chi connectivity index (χ4v) is 4.53. The molecule has 7 nitrogen and oxygen atoms in total. The van der Waals surface area contributed by atoms with Gasteiger partial charge in [-0.15, -0.1) is 5.10 Å². The van der Waals surface area contributed by atoms with E-state index < -0.39 is 17.5 Å². The molecule has 176 valence electrons. The van der Waals surface area contributed by atoms with Crippen LogP contribution in [0.25, 0.3) is 10.8 Å². The third kappa shape index (κ3) is 3.96. The van der Waals surface area contributed by atoms with Crippen LogP contribution in [0.4, 0.5) is 14.6 Å². The van der Waals surface area contributed by atoms with Gasteiger partial charge in [-0.05, 0) is 69.1 Å². The Labute approximate surface area is 195 Å². The Balaban J connectivity index is 1.60. The molecule has 0 bridgehead atoms. The summed E-state index contributed by atoms with van der Waals surface area (Å²) in [5.74, 6) is -1.01. The number of pyridine rings is 1. The highest BCUT2D eigenvalue weighted by Gasteiger charge is 2.32. The minimum atomic E-state index is -0.690. The summed E-state index contributed by atoms with van der Waals surface area (Å²) in [6, 6.07) is 8.68. The van der Waals surface area contributed by atoms with Gasteiger partial charge in [0.05, 0.1) is 11.6 Å². The Kier molecular flexibility index (Phi) is 5.87. The zero-order valence-electron chi connectivity index (χ0n) is 18.9. The number of nitrogens with zero attached hydrogens (tertiary/aromatic N) is 3. The molecule has 2 aliphatic rings. The van der Waals surface area contributed by atoms with E-state index in [0.717, 1.165) is 24.9 Å². The molecule has 5 rings (SSSR count). The maximum atomic E-state index is 15.3. The van der Waals surface area contributed by atoms with Crippen molar-refractivity contribution in [2.24, 2.45) is 5.10 Å². The van der Waals surface area contributed by atoms with E-state index in [1.165, 1.54) is 29.3 Å². The van der Waals surface area contributed by atoms with Gasteiger partial charge in [0.15, 0.2) is 6.23 Å². The van der Waals surface area contributed by atoms with Crippen molar-refractivity contribution >= 4 is 28.4 Å². The summed E-state index contributed by atoms with van der Waals surface area (Å²) < 4.78 is 35.4. The summed E-state index contributed by atoms with van der Waals surface area (Å²) in [5, 5.41) is 8.26. The molecule has 0 spiro atoms. The number of halogens is 2. The van der Waals surface area contributed by atoms with Crippen molar-refractivity contribution in [1.82, 2.24) is 15.7 Å². The molecule has 1 aromatic heterocycles. The van der Waals surface area contributed by atoms with Crippen molar-refractivity contribution in [3.8, 4) is 0 Å². The lowest BCUT2D eigenvalue weighted by atomic mass is 10.0. The van der Waals surface area contributed by atoms with Crippen LogP contribution in [0.15, 0.2) is 47.7 Å². The average molecular weight is 466 g/mol. The number of piperidine rings is 1. The topological polar surface area (TPSA) is 78.9 Å². The van der Waals surface area contributed by atoms with Gasteiger partial charge < -0.3 is 10.1 Å². The zero-order chi connectivity index (χ0) is 23.8. The molecule has 3 heterocycles. The van der Waals surface area contributed by atoms with Crippen LogP contribution in [-0.4, -0.2) is 42.1 Å². The highest BCUT2D eigenvalue weighted by atomic mass is 19.1. The summed E-state index contributed by atoms with van der Waals surface area (Å²) >= 11 is 0. The average Bonchev–Trinajstić information content (AvgIpc) is 3.28. The Morgan fingerprint density at radius 2 is 2.03 bits per heavy atom. The number of benzene rings is 2. The summed E-state index contributed by atoms with van der Waals surface area (Å²) in [4.78, 5) is 19.9. The normalized spacial score (nSPS) is 19.9. The number of aryl methyl sites for hydroxylation is 1. The van der Waals surface area contributed by atoms with E-state index in [9.17, 15) is 9.18 Å². The van der Waals surface area contributed by atoms with Crippen LogP contribution >= 0.6 is 0 Å². The molecule has 2 aromatic carbocycles. The van der Waals surface area contributed by atoms with Crippen LogP contribution in [0.5, 0.6) is 0 Å². The molecular weight excluding hydrogens is 440 g/mol. The molecule has 2 aliphatic heterocycles. The SMILES string of the molecule is Cc1ccc(F)c2ccnc(N(C(=O)c3ccc(C4=NNC(C)O4)cc3F)[C@@H]3CCCNC3)c12. The molecule has 3 aromatic rings. The van der Waals surface area contributed by atoms with Crippen LogP contribution in [0.3, 0.4) is 0 Å². The van der Waals surface area contributed by atoms with Crippen LogP contribution in [0.1, 0.15) is 41.3 Å². The van der Waals surface area contributed by atoms with Crippen molar-refractivity contribution in [3.05, 3.63) is 70.9 Å². The summed E-state index contributed by atoms with van der Waals surface area (Å²) in [6.45, 7) is 5.00. The summed E-state index contributed by atoms with van der Waals surface area (Å²) in [7, 11) is 0. The van der Waals surface area contributed by atoms with Gasteiger partial charge in [-0.3, -0.25) is 15.1 Å². The first-order valence-corrected chi connectivity index (χ1v) is 11.3. The van der Waals surface area contributed by atoms with E-state index in [-0.39, 0.29) is 23.7 Å². The minimum Gasteiger partial charge on any atom is -0.451 e. The minimum absolute atomic E-state index is 0.0956. The number of carbonyl (C=O) groups excluding carboxylic acids is 1. The van der Waals surface area contributed by atoms with Crippen molar-refractivity contribution < 1.29 is 18.3 Å². The molecule has 34 heavy (non-hydrogen) atoms. The molecule has 0 aliphatic carbocycles. The van der Waals surface area contributed by atoms with Gasteiger partial charge in [-0.1, -0.05) is 6.07 Å². The van der Waals surface area contributed by atoms with Gasteiger partial charge in [0.2, 0.25) is 5.90 Å². The number of aromatic nitrogens is 1.